The number of nitrogens with zero attached hydrogens (tertiary/aromatic N) is 2. The highest BCUT2D eigenvalue weighted by molar-refractivity contribution is 6.31. The van der Waals surface area contributed by atoms with Crippen LogP contribution in [0.5, 0.6) is 5.75 Å². The molecule has 2 rings (SSSR count). The van der Waals surface area contributed by atoms with Gasteiger partial charge in [0.1, 0.15) is 5.75 Å². The summed E-state index contributed by atoms with van der Waals surface area (Å²) in [6.07, 6.45) is -2.00. The lowest BCUT2D eigenvalue weighted by Crippen LogP contribution is -2.57. The third-order valence-electron chi connectivity index (χ3n) is 4.54. The fraction of sp³-hybridized carbons (Fsp3) is 0.579. The van der Waals surface area contributed by atoms with Crippen LogP contribution < -0.4 is 4.74 Å². The molecule has 5 nitrogen and oxygen atoms in total. The number of rotatable bonds is 8. The lowest BCUT2D eigenvalue weighted by atomic mass is 10.0. The summed E-state index contributed by atoms with van der Waals surface area (Å²) in [6.45, 7) is 3.07. The van der Waals surface area contributed by atoms with E-state index in [2.05, 4.69) is 5.10 Å². The average Bonchev–Trinajstić information content (AvgIpc) is 2.97. The van der Waals surface area contributed by atoms with Crippen molar-refractivity contribution < 1.29 is 27.8 Å². The Bertz CT molecular complexity index is 740. The molecule has 1 aliphatic heterocycles. The molecule has 156 valence electrons. The van der Waals surface area contributed by atoms with Gasteiger partial charge < -0.3 is 9.84 Å². The average molecular weight is 421 g/mol. The van der Waals surface area contributed by atoms with Crippen molar-refractivity contribution in [3.8, 4) is 5.75 Å². The normalized spacial score (nSPS) is 19.7. The molecule has 1 atom stereocenters. The highest BCUT2D eigenvalue weighted by Crippen LogP contribution is 2.41. The highest BCUT2D eigenvalue weighted by atomic mass is 35.5. The molecule has 0 radical (unpaired) electrons. The minimum absolute atomic E-state index is 0.116. The molecule has 0 aliphatic carbocycles. The Morgan fingerprint density at radius 3 is 2.68 bits per heavy atom. The first-order chi connectivity index (χ1) is 13.1. The van der Waals surface area contributed by atoms with Crippen molar-refractivity contribution in [2.24, 2.45) is 5.10 Å². The highest BCUT2D eigenvalue weighted by Gasteiger charge is 2.63. The number of alkyl halides is 3. The number of halogens is 4. The van der Waals surface area contributed by atoms with Crippen molar-refractivity contribution in [1.29, 1.82) is 0 Å². The molecule has 0 spiro atoms. The molecule has 0 saturated heterocycles. The third-order valence-corrected chi connectivity index (χ3v) is 4.97. The van der Waals surface area contributed by atoms with Crippen molar-refractivity contribution in [3.05, 3.63) is 28.8 Å². The number of benzene rings is 1. The monoisotopic (exact) mass is 420 g/mol. The van der Waals surface area contributed by atoms with Gasteiger partial charge in [0.25, 0.3) is 11.6 Å². The third kappa shape index (κ3) is 5.17. The molecule has 28 heavy (non-hydrogen) atoms. The smallest absolute Gasteiger partial charge is 0.438 e. The molecule has 1 aromatic rings. The van der Waals surface area contributed by atoms with E-state index < -0.39 is 30.8 Å². The van der Waals surface area contributed by atoms with Crippen LogP contribution in [0.3, 0.4) is 0 Å². The number of ether oxygens (including phenoxy) is 1. The molecular formula is C19H24ClF3N2O3. The maximum Gasteiger partial charge on any atom is 0.438 e. The fourth-order valence-electron chi connectivity index (χ4n) is 2.91. The van der Waals surface area contributed by atoms with Crippen molar-refractivity contribution in [3.63, 3.8) is 0 Å². The topological polar surface area (TPSA) is 62.1 Å². The van der Waals surface area contributed by atoms with Crippen LogP contribution in [0.2, 0.25) is 5.02 Å². The van der Waals surface area contributed by atoms with Crippen LogP contribution in [0.4, 0.5) is 13.2 Å². The van der Waals surface area contributed by atoms with E-state index in [9.17, 15) is 23.1 Å². The van der Waals surface area contributed by atoms with Crippen LogP contribution in [-0.4, -0.2) is 40.2 Å². The van der Waals surface area contributed by atoms with Gasteiger partial charge in [-0.1, -0.05) is 37.8 Å². The van der Waals surface area contributed by atoms with E-state index in [0.717, 1.165) is 19.3 Å². The Balaban J connectivity index is 2.09. The van der Waals surface area contributed by atoms with Gasteiger partial charge in [-0.3, -0.25) is 4.79 Å². The van der Waals surface area contributed by atoms with Crippen LogP contribution >= 0.6 is 11.6 Å². The van der Waals surface area contributed by atoms with Gasteiger partial charge in [-0.15, -0.1) is 0 Å². The molecule has 1 amide bonds. The van der Waals surface area contributed by atoms with Crippen molar-refractivity contribution in [2.75, 3.05) is 6.61 Å². The molecule has 0 fully saturated rings. The van der Waals surface area contributed by atoms with Gasteiger partial charge in [0.2, 0.25) is 0 Å². The summed E-state index contributed by atoms with van der Waals surface area (Å²) in [5, 5.41) is 14.6. The second-order valence-electron chi connectivity index (χ2n) is 6.87. The number of carbonyl (C=O) groups is 1. The number of amides is 1. The SMILES string of the molecule is CCCCCCC1=NN(C(=O)COc2ccc(Cl)c(C)c2)[C@](O)(C(F)(F)F)C1. The van der Waals surface area contributed by atoms with Gasteiger partial charge in [0, 0.05) is 17.2 Å². The second-order valence-corrected chi connectivity index (χ2v) is 7.28. The molecule has 1 heterocycles. The number of hydrogen-bond acceptors (Lipinski definition) is 4. The lowest BCUT2D eigenvalue weighted by molar-refractivity contribution is -0.302. The summed E-state index contributed by atoms with van der Waals surface area (Å²) in [5.74, 6) is -0.787. The zero-order valence-corrected chi connectivity index (χ0v) is 16.6. The van der Waals surface area contributed by atoms with Crippen LogP contribution in [0, 0.1) is 6.92 Å². The number of carbonyl (C=O) groups excluding carboxylic acids is 1. The van der Waals surface area contributed by atoms with E-state index in [1.165, 1.54) is 6.07 Å². The molecule has 1 N–H and O–H groups in total. The van der Waals surface area contributed by atoms with Crippen LogP contribution in [-0.2, 0) is 4.79 Å². The minimum Gasteiger partial charge on any atom is -0.484 e. The lowest BCUT2D eigenvalue weighted by Gasteiger charge is -2.32. The first kappa shape index (κ1) is 22.5. The van der Waals surface area contributed by atoms with Gasteiger partial charge >= 0.3 is 6.18 Å². The van der Waals surface area contributed by atoms with E-state index in [0.29, 0.717) is 23.4 Å². The number of hydrogen-bond donors (Lipinski definition) is 1. The number of aryl methyl sites for hydroxylation is 1. The van der Waals surface area contributed by atoms with E-state index in [1.54, 1.807) is 19.1 Å². The predicted molar refractivity (Wildman–Crippen MR) is 100 cm³/mol. The summed E-state index contributed by atoms with van der Waals surface area (Å²) in [4.78, 5) is 12.4. The Kier molecular flexibility index (Phi) is 7.33. The van der Waals surface area contributed by atoms with Crippen LogP contribution in [0.25, 0.3) is 0 Å². The summed E-state index contributed by atoms with van der Waals surface area (Å²) in [7, 11) is 0. The standard InChI is InChI=1S/C19H24ClF3N2O3/c1-3-4-5-6-7-14-11-18(27,19(21,22)23)25(24-14)17(26)12-28-15-8-9-16(20)13(2)10-15/h8-10,27H,3-7,11-12H2,1-2H3/t18-/m1/s1. The van der Waals surface area contributed by atoms with Crippen LogP contribution in [0.1, 0.15) is 51.0 Å². The van der Waals surface area contributed by atoms with Gasteiger partial charge in [-0.25, -0.2) is 0 Å². The van der Waals surface area contributed by atoms with Gasteiger partial charge in [-0.2, -0.15) is 23.3 Å². The number of aliphatic hydroxyl groups is 1. The molecule has 1 aliphatic rings. The van der Waals surface area contributed by atoms with Gasteiger partial charge in [-0.05, 0) is 43.5 Å². The quantitative estimate of drug-likeness (QED) is 0.612. The van der Waals surface area contributed by atoms with E-state index in [4.69, 9.17) is 16.3 Å². The number of hydrazone groups is 1. The van der Waals surface area contributed by atoms with Gasteiger partial charge in [0.15, 0.2) is 6.61 Å². The second kappa shape index (κ2) is 9.13. The molecular weight excluding hydrogens is 397 g/mol. The minimum atomic E-state index is -5.03. The summed E-state index contributed by atoms with van der Waals surface area (Å²) in [5.41, 5.74) is -2.48. The molecule has 1 aromatic carbocycles. The van der Waals surface area contributed by atoms with Crippen molar-refractivity contribution >= 4 is 23.2 Å². The van der Waals surface area contributed by atoms with Crippen LogP contribution in [0.15, 0.2) is 23.3 Å². The van der Waals surface area contributed by atoms with E-state index in [-0.39, 0.29) is 16.5 Å². The molecule has 0 aromatic heterocycles. The zero-order valence-electron chi connectivity index (χ0n) is 15.9. The Morgan fingerprint density at radius 1 is 1.36 bits per heavy atom. The molecule has 9 heteroatoms. The van der Waals surface area contributed by atoms with E-state index >= 15 is 0 Å². The first-order valence-corrected chi connectivity index (χ1v) is 9.53. The fourth-order valence-corrected chi connectivity index (χ4v) is 3.03. The summed E-state index contributed by atoms with van der Waals surface area (Å²) < 4.78 is 45.7. The van der Waals surface area contributed by atoms with Crippen molar-refractivity contribution in [2.45, 2.75) is 64.3 Å². The van der Waals surface area contributed by atoms with Gasteiger partial charge in [0.05, 0.1) is 0 Å². The zero-order chi connectivity index (χ0) is 20.9. The first-order valence-electron chi connectivity index (χ1n) is 9.16. The predicted octanol–water partition coefficient (Wildman–Crippen LogP) is 4.84. The van der Waals surface area contributed by atoms with Crippen molar-refractivity contribution in [1.82, 2.24) is 5.01 Å². The molecule has 0 saturated carbocycles. The Hall–Kier alpha value is -1.80. The summed E-state index contributed by atoms with van der Waals surface area (Å²) in [6, 6.07) is 4.63. The molecule has 0 bridgehead atoms. The summed E-state index contributed by atoms with van der Waals surface area (Å²) >= 11 is 5.91. The Labute approximate surface area is 167 Å². The maximum atomic E-state index is 13.5. The maximum absolute atomic E-state index is 13.5. The largest absolute Gasteiger partial charge is 0.484 e. The number of unbranched alkanes of at least 4 members (excludes halogenated alkanes) is 3. The Morgan fingerprint density at radius 2 is 2.07 bits per heavy atom. The molecule has 0 unspecified atom stereocenters. The van der Waals surface area contributed by atoms with E-state index in [1.807, 2.05) is 6.92 Å².